The summed E-state index contributed by atoms with van der Waals surface area (Å²) in [6.07, 6.45) is 11.8. The van der Waals surface area contributed by atoms with Gasteiger partial charge in [-0.25, -0.2) is 0 Å². The first-order valence-corrected chi connectivity index (χ1v) is 8.95. The number of aromatic nitrogens is 1. The monoisotopic (exact) mass is 335 g/mol. The van der Waals surface area contributed by atoms with Gasteiger partial charge in [-0.2, -0.15) is 0 Å². The molecule has 25 heavy (non-hydrogen) atoms. The molecule has 1 heterocycles. The minimum Gasteiger partial charge on any atom is -0.383 e. The lowest BCUT2D eigenvalue weighted by atomic mass is 9.97. The fraction of sp³-hybridized carbons (Fsp3) is 0.333. The summed E-state index contributed by atoms with van der Waals surface area (Å²) in [5.74, 6) is -0.142. The Kier molecular flexibility index (Phi) is 5.83. The van der Waals surface area contributed by atoms with Crippen LogP contribution in [0.3, 0.4) is 0 Å². The number of carbonyl (C=O) groups excluding carboxylic acids is 1. The van der Waals surface area contributed by atoms with Crippen LogP contribution in [0.4, 0.5) is 11.4 Å². The molecule has 1 amide bonds. The fourth-order valence-corrected chi connectivity index (χ4v) is 3.09. The number of pyridine rings is 1. The van der Waals surface area contributed by atoms with Gasteiger partial charge < -0.3 is 10.6 Å². The van der Waals surface area contributed by atoms with Gasteiger partial charge in [0.25, 0.3) is 5.91 Å². The molecule has 0 fully saturated rings. The van der Waals surface area contributed by atoms with E-state index in [0.29, 0.717) is 5.56 Å². The molecule has 0 aliphatic heterocycles. The molecule has 0 radical (unpaired) electrons. The van der Waals surface area contributed by atoms with Crippen LogP contribution in [0.5, 0.6) is 0 Å². The van der Waals surface area contributed by atoms with Crippen LogP contribution in [0, 0.1) is 6.92 Å². The summed E-state index contributed by atoms with van der Waals surface area (Å²) in [5, 5.41) is 6.30. The highest BCUT2D eigenvalue weighted by molar-refractivity contribution is 6.04. The maximum Gasteiger partial charge on any atom is 0.257 e. The third-order valence-corrected chi connectivity index (χ3v) is 4.44. The minimum absolute atomic E-state index is 0.142. The Morgan fingerprint density at radius 2 is 2.08 bits per heavy atom. The zero-order chi connectivity index (χ0) is 17.5. The summed E-state index contributed by atoms with van der Waals surface area (Å²) in [6, 6.07) is 9.63. The average Bonchev–Trinajstić information content (AvgIpc) is 2.63. The van der Waals surface area contributed by atoms with E-state index in [1.807, 2.05) is 37.3 Å². The van der Waals surface area contributed by atoms with E-state index in [1.54, 1.807) is 18.0 Å². The van der Waals surface area contributed by atoms with Gasteiger partial charge in [0, 0.05) is 24.6 Å². The predicted octanol–water partition coefficient (Wildman–Crippen LogP) is 4.94. The van der Waals surface area contributed by atoms with E-state index in [-0.39, 0.29) is 5.91 Å². The SMILES string of the molecule is Cc1cccc(NC(=O)c2cncc(NCCC3=CCCCC3)c2)c1. The van der Waals surface area contributed by atoms with Crippen molar-refractivity contribution in [3.05, 3.63) is 65.5 Å². The van der Waals surface area contributed by atoms with Gasteiger partial charge in [0.15, 0.2) is 0 Å². The minimum atomic E-state index is -0.142. The van der Waals surface area contributed by atoms with Gasteiger partial charge in [0.1, 0.15) is 0 Å². The molecule has 0 saturated carbocycles. The molecule has 1 aromatic carbocycles. The van der Waals surface area contributed by atoms with Crippen molar-refractivity contribution in [2.24, 2.45) is 0 Å². The summed E-state index contributed by atoms with van der Waals surface area (Å²) in [6.45, 7) is 2.87. The molecule has 130 valence electrons. The zero-order valence-corrected chi connectivity index (χ0v) is 14.7. The summed E-state index contributed by atoms with van der Waals surface area (Å²) in [5.41, 5.74) is 4.90. The molecule has 2 N–H and O–H groups in total. The average molecular weight is 335 g/mol. The topological polar surface area (TPSA) is 54.0 Å². The Bertz CT molecular complexity index is 767. The smallest absolute Gasteiger partial charge is 0.257 e. The largest absolute Gasteiger partial charge is 0.383 e. The lowest BCUT2D eigenvalue weighted by Gasteiger charge is -2.13. The first-order valence-electron chi connectivity index (χ1n) is 8.95. The number of carbonyl (C=O) groups is 1. The number of aryl methyl sites for hydroxylation is 1. The van der Waals surface area contributed by atoms with Crippen molar-refractivity contribution in [2.45, 2.75) is 39.0 Å². The molecule has 2 aromatic rings. The maximum atomic E-state index is 12.4. The molecule has 3 rings (SSSR count). The molecule has 4 heteroatoms. The van der Waals surface area contributed by atoms with Crippen molar-refractivity contribution in [3.8, 4) is 0 Å². The summed E-state index contributed by atoms with van der Waals surface area (Å²) in [7, 11) is 0. The Hall–Kier alpha value is -2.62. The molecule has 1 aromatic heterocycles. The van der Waals surface area contributed by atoms with E-state index < -0.39 is 0 Å². The molecule has 1 aliphatic rings. The van der Waals surface area contributed by atoms with E-state index >= 15 is 0 Å². The first kappa shape index (κ1) is 17.2. The lowest BCUT2D eigenvalue weighted by Crippen LogP contribution is -2.13. The molecular formula is C21H25N3O. The number of hydrogen-bond acceptors (Lipinski definition) is 3. The molecule has 1 aliphatic carbocycles. The quantitative estimate of drug-likeness (QED) is 0.735. The van der Waals surface area contributed by atoms with Crippen molar-refractivity contribution in [1.82, 2.24) is 4.98 Å². The fourth-order valence-electron chi connectivity index (χ4n) is 3.09. The standard InChI is InChI=1S/C21H25N3O/c1-16-6-5-9-19(12-16)24-21(25)18-13-20(15-22-14-18)23-11-10-17-7-3-2-4-8-17/h5-7,9,12-15,23H,2-4,8,10-11H2,1H3,(H,24,25). The highest BCUT2D eigenvalue weighted by Gasteiger charge is 2.08. The highest BCUT2D eigenvalue weighted by Crippen LogP contribution is 2.20. The van der Waals surface area contributed by atoms with Gasteiger partial charge in [-0.05, 0) is 62.8 Å². The lowest BCUT2D eigenvalue weighted by molar-refractivity contribution is 0.102. The summed E-state index contributed by atoms with van der Waals surface area (Å²) < 4.78 is 0. The zero-order valence-electron chi connectivity index (χ0n) is 14.7. The van der Waals surface area contributed by atoms with E-state index in [4.69, 9.17) is 0 Å². The summed E-state index contributed by atoms with van der Waals surface area (Å²) in [4.78, 5) is 16.6. The van der Waals surface area contributed by atoms with Crippen molar-refractivity contribution in [3.63, 3.8) is 0 Å². The van der Waals surface area contributed by atoms with Crippen LogP contribution in [-0.4, -0.2) is 17.4 Å². The van der Waals surface area contributed by atoms with Crippen LogP contribution in [0.25, 0.3) is 0 Å². The highest BCUT2D eigenvalue weighted by atomic mass is 16.1. The number of nitrogens with zero attached hydrogens (tertiary/aromatic N) is 1. The van der Waals surface area contributed by atoms with E-state index in [9.17, 15) is 4.79 Å². The van der Waals surface area contributed by atoms with Crippen LogP contribution in [0.1, 0.15) is 48.0 Å². The molecule has 0 atom stereocenters. The second kappa shape index (κ2) is 8.47. The number of rotatable bonds is 6. The van der Waals surface area contributed by atoms with Crippen LogP contribution in [-0.2, 0) is 0 Å². The van der Waals surface area contributed by atoms with Gasteiger partial charge in [-0.15, -0.1) is 0 Å². The van der Waals surface area contributed by atoms with E-state index in [1.165, 1.54) is 25.7 Å². The molecule has 0 saturated heterocycles. The maximum absolute atomic E-state index is 12.4. The number of hydrogen-bond donors (Lipinski definition) is 2. The van der Waals surface area contributed by atoms with Gasteiger partial charge in [-0.1, -0.05) is 23.8 Å². The van der Waals surface area contributed by atoms with Crippen molar-refractivity contribution >= 4 is 17.3 Å². The van der Waals surface area contributed by atoms with Crippen LogP contribution in [0.15, 0.2) is 54.4 Å². The molecule has 0 spiro atoms. The first-order chi connectivity index (χ1) is 12.2. The van der Waals surface area contributed by atoms with Gasteiger partial charge in [0.05, 0.1) is 11.3 Å². The predicted molar refractivity (Wildman–Crippen MR) is 103 cm³/mol. The second-order valence-electron chi connectivity index (χ2n) is 6.57. The van der Waals surface area contributed by atoms with Crippen molar-refractivity contribution in [2.75, 3.05) is 17.2 Å². The van der Waals surface area contributed by atoms with Gasteiger partial charge in [0.2, 0.25) is 0 Å². The molecular weight excluding hydrogens is 310 g/mol. The number of allylic oxidation sites excluding steroid dienone is 1. The van der Waals surface area contributed by atoms with Crippen LogP contribution >= 0.6 is 0 Å². The van der Waals surface area contributed by atoms with Gasteiger partial charge in [-0.3, -0.25) is 9.78 Å². The van der Waals surface area contributed by atoms with Crippen LogP contribution in [0.2, 0.25) is 0 Å². The Labute approximate surface area is 149 Å². The Morgan fingerprint density at radius 3 is 2.88 bits per heavy atom. The van der Waals surface area contributed by atoms with Gasteiger partial charge >= 0.3 is 0 Å². The van der Waals surface area contributed by atoms with Crippen molar-refractivity contribution in [1.29, 1.82) is 0 Å². The van der Waals surface area contributed by atoms with Crippen LogP contribution < -0.4 is 10.6 Å². The molecule has 4 nitrogen and oxygen atoms in total. The summed E-state index contributed by atoms with van der Waals surface area (Å²) >= 11 is 0. The molecule has 0 unspecified atom stereocenters. The number of nitrogens with one attached hydrogen (secondary N) is 2. The van der Waals surface area contributed by atoms with Crippen molar-refractivity contribution < 1.29 is 4.79 Å². The number of anilines is 2. The number of amides is 1. The van der Waals surface area contributed by atoms with E-state index in [0.717, 1.165) is 29.9 Å². The normalized spacial score (nSPS) is 13.9. The Morgan fingerprint density at radius 1 is 1.16 bits per heavy atom. The second-order valence-corrected chi connectivity index (χ2v) is 6.57. The molecule has 0 bridgehead atoms. The van der Waals surface area contributed by atoms with E-state index in [2.05, 4.69) is 21.7 Å². The Balaban J connectivity index is 1.56. The number of benzene rings is 1. The third kappa shape index (κ3) is 5.18. The third-order valence-electron chi connectivity index (χ3n) is 4.44.